The first-order chi connectivity index (χ1) is 14.7. The Kier molecular flexibility index (Phi) is 6.74. The van der Waals surface area contributed by atoms with Crippen molar-refractivity contribution in [2.24, 2.45) is 0 Å². The highest BCUT2D eigenvalue weighted by molar-refractivity contribution is 5.94. The van der Waals surface area contributed by atoms with Gasteiger partial charge in [-0.2, -0.15) is 0 Å². The molecule has 0 bridgehead atoms. The van der Waals surface area contributed by atoms with E-state index in [0.29, 0.717) is 18.5 Å². The normalized spacial score (nSPS) is 25.7. The largest absolute Gasteiger partial charge is 0.389 e. The summed E-state index contributed by atoms with van der Waals surface area (Å²) in [5.74, 6) is -0.210. The number of hydrogen-bond acceptors (Lipinski definition) is 6. The van der Waals surface area contributed by atoms with E-state index in [1.165, 1.54) is 0 Å². The average Bonchev–Trinajstić information content (AvgIpc) is 2.81. The van der Waals surface area contributed by atoms with Crippen LogP contribution in [0.1, 0.15) is 35.2 Å². The van der Waals surface area contributed by atoms with Gasteiger partial charge in [-0.15, -0.1) is 0 Å². The Labute approximate surface area is 177 Å². The molecule has 2 aliphatic rings. The highest BCUT2D eigenvalue weighted by atomic mass is 16.7. The van der Waals surface area contributed by atoms with Crippen LogP contribution < -0.4 is 5.32 Å². The molecule has 30 heavy (non-hydrogen) atoms. The first kappa shape index (κ1) is 20.9. The number of nitrogens with zero attached hydrogens (tertiary/aromatic N) is 2. The van der Waals surface area contributed by atoms with Crippen molar-refractivity contribution in [2.75, 3.05) is 32.8 Å². The van der Waals surface area contributed by atoms with Crippen LogP contribution in [0.15, 0.2) is 54.9 Å². The Bertz CT molecular complexity index is 814. The molecule has 1 aromatic heterocycles. The molecule has 4 rings (SSSR count). The number of pyridine rings is 1. The number of aromatic nitrogens is 1. The van der Waals surface area contributed by atoms with Crippen LogP contribution in [0.25, 0.3) is 0 Å². The number of amides is 1. The van der Waals surface area contributed by atoms with Crippen molar-refractivity contribution in [3.63, 3.8) is 0 Å². The number of ether oxygens (including phenoxy) is 2. The molecule has 2 aliphatic heterocycles. The topological polar surface area (TPSA) is 83.9 Å². The van der Waals surface area contributed by atoms with Crippen LogP contribution in [0.3, 0.4) is 0 Å². The number of carbonyl (C=O) groups is 1. The van der Waals surface area contributed by atoms with Crippen molar-refractivity contribution in [3.05, 3.63) is 66.0 Å². The SMILES string of the molecule is O=C(N[C@@]1(c2ccccc2)CCN(CCC2OCCCO2)C[C@H]1O)c1ccncc1. The third-order valence-corrected chi connectivity index (χ3v) is 5.97. The Hall–Kier alpha value is -2.32. The van der Waals surface area contributed by atoms with Crippen LogP contribution >= 0.6 is 0 Å². The number of hydrogen-bond donors (Lipinski definition) is 2. The number of aliphatic hydroxyl groups excluding tert-OH is 1. The Morgan fingerprint density at radius 2 is 1.90 bits per heavy atom. The van der Waals surface area contributed by atoms with E-state index < -0.39 is 11.6 Å². The maximum Gasteiger partial charge on any atom is 0.252 e. The summed E-state index contributed by atoms with van der Waals surface area (Å²) in [5, 5.41) is 14.4. The first-order valence-electron chi connectivity index (χ1n) is 10.6. The Balaban J connectivity index is 1.47. The van der Waals surface area contributed by atoms with Crippen molar-refractivity contribution in [1.82, 2.24) is 15.2 Å². The predicted molar refractivity (Wildman–Crippen MR) is 112 cm³/mol. The van der Waals surface area contributed by atoms with Gasteiger partial charge in [0, 0.05) is 44.0 Å². The van der Waals surface area contributed by atoms with E-state index in [1.807, 2.05) is 30.3 Å². The van der Waals surface area contributed by atoms with Gasteiger partial charge < -0.3 is 24.8 Å². The van der Waals surface area contributed by atoms with E-state index >= 15 is 0 Å². The van der Waals surface area contributed by atoms with Gasteiger partial charge in [-0.25, -0.2) is 0 Å². The Morgan fingerprint density at radius 1 is 1.17 bits per heavy atom. The molecule has 7 heteroatoms. The second-order valence-corrected chi connectivity index (χ2v) is 7.91. The molecule has 7 nitrogen and oxygen atoms in total. The lowest BCUT2D eigenvalue weighted by atomic mass is 9.78. The molecular formula is C23H29N3O4. The average molecular weight is 412 g/mol. The fraction of sp³-hybridized carbons (Fsp3) is 0.478. The van der Waals surface area contributed by atoms with Gasteiger partial charge in [0.2, 0.25) is 0 Å². The number of β-amino-alcohol motifs (C(OH)–C–C–N with tert-alkyl or cyclic N) is 1. The van der Waals surface area contributed by atoms with E-state index in [4.69, 9.17) is 9.47 Å². The van der Waals surface area contributed by atoms with Crippen LogP contribution in [0.2, 0.25) is 0 Å². The molecule has 1 amide bonds. The van der Waals surface area contributed by atoms with Gasteiger partial charge in [0.1, 0.15) is 0 Å². The lowest BCUT2D eigenvalue weighted by Gasteiger charge is -2.46. The molecule has 0 aliphatic carbocycles. The number of carbonyl (C=O) groups excluding carboxylic acids is 1. The van der Waals surface area contributed by atoms with Gasteiger partial charge in [0.15, 0.2) is 6.29 Å². The van der Waals surface area contributed by atoms with Gasteiger partial charge in [0.25, 0.3) is 5.91 Å². The number of aliphatic hydroxyl groups is 1. The molecule has 0 saturated carbocycles. The fourth-order valence-corrected chi connectivity index (χ4v) is 4.26. The molecule has 2 aromatic rings. The van der Waals surface area contributed by atoms with E-state index in [-0.39, 0.29) is 12.2 Å². The van der Waals surface area contributed by atoms with Crippen LogP contribution in [0.4, 0.5) is 0 Å². The van der Waals surface area contributed by atoms with Crippen LogP contribution in [-0.4, -0.2) is 66.1 Å². The highest BCUT2D eigenvalue weighted by Crippen LogP contribution is 2.34. The summed E-state index contributed by atoms with van der Waals surface area (Å²) < 4.78 is 11.3. The number of rotatable bonds is 6. The summed E-state index contributed by atoms with van der Waals surface area (Å²) in [5.41, 5.74) is 0.607. The van der Waals surface area contributed by atoms with Crippen molar-refractivity contribution in [3.8, 4) is 0 Å². The number of benzene rings is 1. The molecule has 2 atom stereocenters. The third-order valence-electron chi connectivity index (χ3n) is 5.97. The van der Waals surface area contributed by atoms with Crippen LogP contribution in [-0.2, 0) is 15.0 Å². The zero-order valence-electron chi connectivity index (χ0n) is 17.1. The van der Waals surface area contributed by atoms with E-state index in [2.05, 4.69) is 15.2 Å². The van der Waals surface area contributed by atoms with Crippen molar-refractivity contribution in [2.45, 2.75) is 37.2 Å². The summed E-state index contributed by atoms with van der Waals surface area (Å²) in [6, 6.07) is 13.1. The molecule has 3 heterocycles. The van der Waals surface area contributed by atoms with Gasteiger partial charge >= 0.3 is 0 Å². The van der Waals surface area contributed by atoms with Gasteiger partial charge in [-0.05, 0) is 30.5 Å². The summed E-state index contributed by atoms with van der Waals surface area (Å²) in [4.78, 5) is 19.1. The second-order valence-electron chi connectivity index (χ2n) is 7.91. The van der Waals surface area contributed by atoms with E-state index in [9.17, 15) is 9.90 Å². The molecular weight excluding hydrogens is 382 g/mol. The second kappa shape index (κ2) is 9.66. The van der Waals surface area contributed by atoms with Crippen LogP contribution in [0, 0.1) is 0 Å². The maximum atomic E-state index is 13.0. The lowest BCUT2D eigenvalue weighted by Crippen LogP contribution is -2.62. The minimum Gasteiger partial charge on any atom is -0.389 e. The summed E-state index contributed by atoms with van der Waals surface area (Å²) >= 11 is 0. The smallest absolute Gasteiger partial charge is 0.252 e. The third kappa shape index (κ3) is 4.70. The monoisotopic (exact) mass is 411 g/mol. The molecule has 2 saturated heterocycles. The first-order valence-corrected chi connectivity index (χ1v) is 10.6. The summed E-state index contributed by atoms with van der Waals surface area (Å²) in [7, 11) is 0. The molecule has 0 spiro atoms. The molecule has 0 radical (unpaired) electrons. The fourth-order valence-electron chi connectivity index (χ4n) is 4.26. The lowest BCUT2D eigenvalue weighted by molar-refractivity contribution is -0.183. The van der Waals surface area contributed by atoms with Gasteiger partial charge in [0.05, 0.1) is 24.9 Å². The van der Waals surface area contributed by atoms with Crippen molar-refractivity contribution >= 4 is 5.91 Å². The Morgan fingerprint density at radius 3 is 2.60 bits per heavy atom. The number of piperidine rings is 1. The molecule has 2 N–H and O–H groups in total. The minimum atomic E-state index is -0.837. The van der Waals surface area contributed by atoms with Gasteiger partial charge in [-0.3, -0.25) is 9.78 Å². The quantitative estimate of drug-likeness (QED) is 0.756. The number of likely N-dealkylation sites (tertiary alicyclic amines) is 1. The molecule has 160 valence electrons. The predicted octanol–water partition coefficient (Wildman–Crippen LogP) is 1.93. The zero-order chi connectivity index (χ0) is 20.8. The number of nitrogens with one attached hydrogen (secondary N) is 1. The van der Waals surface area contributed by atoms with Crippen LogP contribution in [0.5, 0.6) is 0 Å². The molecule has 0 unspecified atom stereocenters. The molecule has 2 fully saturated rings. The van der Waals surface area contributed by atoms with Crippen molar-refractivity contribution in [1.29, 1.82) is 0 Å². The van der Waals surface area contributed by atoms with Gasteiger partial charge in [-0.1, -0.05) is 30.3 Å². The zero-order valence-corrected chi connectivity index (χ0v) is 17.1. The highest BCUT2D eigenvalue weighted by Gasteiger charge is 2.45. The summed E-state index contributed by atoms with van der Waals surface area (Å²) in [6.07, 6.45) is 4.61. The minimum absolute atomic E-state index is 0.164. The summed E-state index contributed by atoms with van der Waals surface area (Å²) in [6.45, 7) is 3.50. The standard InChI is InChI=1S/C23H29N3O4/c27-20-17-26(13-9-21-29-15-4-16-30-21)14-10-23(20,19-5-2-1-3-6-19)25-22(28)18-7-11-24-12-8-18/h1-3,5-8,11-12,20-21,27H,4,9-10,13-17H2,(H,25,28)/t20-,23-/m1/s1. The van der Waals surface area contributed by atoms with E-state index in [0.717, 1.165) is 44.7 Å². The van der Waals surface area contributed by atoms with E-state index in [1.54, 1.807) is 24.5 Å². The molecule has 1 aromatic carbocycles. The van der Waals surface area contributed by atoms with Crippen molar-refractivity contribution < 1.29 is 19.4 Å². The maximum absolute atomic E-state index is 13.0.